The third kappa shape index (κ3) is 4.46. The Hall–Kier alpha value is -0.300. The maximum Gasteiger partial charge on any atom is 0.158 e. The molecule has 1 aromatic carbocycles. The van der Waals surface area contributed by atoms with Gasteiger partial charge in [-0.3, -0.25) is 0 Å². The molecule has 0 amide bonds. The lowest BCUT2D eigenvalue weighted by Crippen LogP contribution is -2.32. The largest absolute Gasteiger partial charge is 0.493 e. The Bertz CT molecular complexity index is 458. The fraction of sp³-hybridized carbons (Fsp3) is 0.500. The van der Waals surface area contributed by atoms with Crippen LogP contribution in [0.15, 0.2) is 24.3 Å². The highest BCUT2D eigenvalue weighted by Gasteiger charge is 2.28. The van der Waals surface area contributed by atoms with Crippen molar-refractivity contribution in [3.05, 3.63) is 27.8 Å². The Morgan fingerprint density at radius 3 is 2.18 bits per heavy atom. The van der Waals surface area contributed by atoms with Crippen LogP contribution in [0.25, 0.3) is 0 Å². The third-order valence-corrected chi connectivity index (χ3v) is 5.66. The summed E-state index contributed by atoms with van der Waals surface area (Å²) in [6.45, 7) is 5.30. The standard InChI is InChI=1S/C12H17IO3S/c1-12(2,3)17(14,15)9-8-16-11-6-4-10(13)5-7-11/h4-7H,8-9H2,1-3H3. The summed E-state index contributed by atoms with van der Waals surface area (Å²) >= 11 is 2.21. The van der Waals surface area contributed by atoms with Crippen molar-refractivity contribution in [1.29, 1.82) is 0 Å². The van der Waals surface area contributed by atoms with Crippen molar-refractivity contribution in [3.8, 4) is 5.75 Å². The number of hydrogen-bond donors (Lipinski definition) is 0. The van der Waals surface area contributed by atoms with E-state index >= 15 is 0 Å². The maximum atomic E-state index is 11.8. The van der Waals surface area contributed by atoms with Gasteiger partial charge in [0.05, 0.1) is 10.5 Å². The molecule has 0 heterocycles. The summed E-state index contributed by atoms with van der Waals surface area (Å²) in [5, 5.41) is 0. The summed E-state index contributed by atoms with van der Waals surface area (Å²) in [6, 6.07) is 7.53. The highest BCUT2D eigenvalue weighted by molar-refractivity contribution is 14.1. The van der Waals surface area contributed by atoms with E-state index in [4.69, 9.17) is 4.74 Å². The average molecular weight is 368 g/mol. The fourth-order valence-corrected chi connectivity index (χ4v) is 2.38. The average Bonchev–Trinajstić information content (AvgIpc) is 2.19. The van der Waals surface area contributed by atoms with E-state index in [0.29, 0.717) is 5.75 Å². The monoisotopic (exact) mass is 368 g/mol. The summed E-state index contributed by atoms with van der Waals surface area (Å²) in [4.78, 5) is 0. The van der Waals surface area contributed by atoms with Crippen LogP contribution in [0.1, 0.15) is 20.8 Å². The van der Waals surface area contributed by atoms with Crippen LogP contribution in [0, 0.1) is 3.57 Å². The minimum Gasteiger partial charge on any atom is -0.493 e. The maximum absolute atomic E-state index is 11.8. The number of benzene rings is 1. The topological polar surface area (TPSA) is 43.4 Å². The van der Waals surface area contributed by atoms with Crippen LogP contribution in [-0.2, 0) is 9.84 Å². The molecule has 0 aliphatic carbocycles. The lowest BCUT2D eigenvalue weighted by atomic mass is 10.3. The highest BCUT2D eigenvalue weighted by atomic mass is 127. The fourth-order valence-electron chi connectivity index (χ4n) is 1.11. The first-order valence-corrected chi connectivity index (χ1v) is 8.06. The highest BCUT2D eigenvalue weighted by Crippen LogP contribution is 2.17. The quantitative estimate of drug-likeness (QED) is 0.768. The van der Waals surface area contributed by atoms with Gasteiger partial charge in [0.15, 0.2) is 9.84 Å². The van der Waals surface area contributed by atoms with Gasteiger partial charge in [0.1, 0.15) is 12.4 Å². The molecule has 0 fully saturated rings. The van der Waals surface area contributed by atoms with Crippen molar-refractivity contribution in [3.63, 3.8) is 0 Å². The molecule has 96 valence electrons. The van der Waals surface area contributed by atoms with Gasteiger partial charge >= 0.3 is 0 Å². The second kappa shape index (κ2) is 5.56. The zero-order valence-corrected chi connectivity index (χ0v) is 13.2. The Morgan fingerprint density at radius 1 is 1.18 bits per heavy atom. The summed E-state index contributed by atoms with van der Waals surface area (Å²) in [6.07, 6.45) is 0. The lowest BCUT2D eigenvalue weighted by Gasteiger charge is -2.19. The smallest absolute Gasteiger partial charge is 0.158 e. The normalized spacial score (nSPS) is 12.5. The Kier molecular flexibility index (Phi) is 4.83. The second-order valence-electron chi connectivity index (χ2n) is 4.73. The molecule has 1 rings (SSSR count). The minimum atomic E-state index is -3.10. The lowest BCUT2D eigenvalue weighted by molar-refractivity contribution is 0.339. The first-order valence-electron chi connectivity index (χ1n) is 5.33. The zero-order chi connectivity index (χ0) is 13.1. The van der Waals surface area contributed by atoms with Crippen molar-refractivity contribution < 1.29 is 13.2 Å². The van der Waals surface area contributed by atoms with E-state index in [1.807, 2.05) is 24.3 Å². The van der Waals surface area contributed by atoms with Crippen LogP contribution in [0.2, 0.25) is 0 Å². The molecule has 3 nitrogen and oxygen atoms in total. The van der Waals surface area contributed by atoms with Gasteiger partial charge in [0.2, 0.25) is 0 Å². The molecule has 0 radical (unpaired) electrons. The van der Waals surface area contributed by atoms with Gasteiger partial charge in [-0.1, -0.05) is 0 Å². The predicted octanol–water partition coefficient (Wildman–Crippen LogP) is 2.88. The molecular weight excluding hydrogens is 351 g/mol. The van der Waals surface area contributed by atoms with Crippen LogP contribution in [0.4, 0.5) is 0 Å². The van der Waals surface area contributed by atoms with E-state index < -0.39 is 14.6 Å². The molecule has 5 heteroatoms. The van der Waals surface area contributed by atoms with Crippen molar-refractivity contribution in [2.24, 2.45) is 0 Å². The first-order chi connectivity index (χ1) is 7.72. The van der Waals surface area contributed by atoms with Crippen molar-refractivity contribution in [1.82, 2.24) is 0 Å². The van der Waals surface area contributed by atoms with Gasteiger partial charge in [-0.25, -0.2) is 8.42 Å². The second-order valence-corrected chi connectivity index (χ2v) is 8.84. The summed E-state index contributed by atoms with van der Waals surface area (Å²) in [7, 11) is -3.10. The molecule has 0 spiro atoms. The van der Waals surface area contributed by atoms with Crippen molar-refractivity contribution >= 4 is 32.4 Å². The van der Waals surface area contributed by atoms with Crippen LogP contribution >= 0.6 is 22.6 Å². The number of ether oxygens (including phenoxy) is 1. The van der Waals surface area contributed by atoms with Gasteiger partial charge in [0, 0.05) is 3.57 Å². The molecule has 1 aromatic rings. The number of rotatable bonds is 4. The molecule has 0 aromatic heterocycles. The van der Waals surface area contributed by atoms with Crippen LogP contribution in [-0.4, -0.2) is 25.5 Å². The van der Waals surface area contributed by atoms with Gasteiger partial charge in [-0.2, -0.15) is 0 Å². The predicted molar refractivity (Wildman–Crippen MR) is 78.2 cm³/mol. The molecule has 0 aliphatic heterocycles. The van der Waals surface area contributed by atoms with Crippen molar-refractivity contribution in [2.75, 3.05) is 12.4 Å². The molecule has 0 N–H and O–H groups in total. The van der Waals surface area contributed by atoms with Gasteiger partial charge in [-0.15, -0.1) is 0 Å². The SMILES string of the molecule is CC(C)(C)S(=O)(=O)CCOc1ccc(I)cc1. The van der Waals surface area contributed by atoms with Gasteiger partial charge < -0.3 is 4.74 Å². The van der Waals surface area contributed by atoms with E-state index in [-0.39, 0.29) is 12.4 Å². The van der Waals surface area contributed by atoms with Crippen LogP contribution in [0.5, 0.6) is 5.75 Å². The first kappa shape index (κ1) is 14.8. The van der Waals surface area contributed by atoms with E-state index in [1.54, 1.807) is 20.8 Å². The van der Waals surface area contributed by atoms with Crippen LogP contribution in [0.3, 0.4) is 0 Å². The van der Waals surface area contributed by atoms with Gasteiger partial charge in [0.25, 0.3) is 0 Å². The summed E-state index contributed by atoms with van der Waals surface area (Å²) in [5.41, 5.74) is 0. The van der Waals surface area contributed by atoms with E-state index in [9.17, 15) is 8.42 Å². The molecule has 0 bridgehead atoms. The molecule has 0 saturated heterocycles. The molecule has 0 atom stereocenters. The number of sulfone groups is 1. The number of hydrogen-bond acceptors (Lipinski definition) is 3. The molecule has 0 saturated carbocycles. The summed E-state index contributed by atoms with van der Waals surface area (Å²) < 4.78 is 29.4. The Balaban J connectivity index is 2.52. The van der Waals surface area contributed by atoms with E-state index in [0.717, 1.165) is 3.57 Å². The zero-order valence-electron chi connectivity index (χ0n) is 10.2. The summed E-state index contributed by atoms with van der Waals surface area (Å²) in [5.74, 6) is 0.747. The molecule has 17 heavy (non-hydrogen) atoms. The van der Waals surface area contributed by atoms with Crippen LogP contribution < -0.4 is 4.74 Å². The molecule has 0 unspecified atom stereocenters. The Labute approximate surface area is 117 Å². The van der Waals surface area contributed by atoms with E-state index in [2.05, 4.69) is 22.6 Å². The molecule has 0 aliphatic rings. The Morgan fingerprint density at radius 2 is 1.71 bits per heavy atom. The van der Waals surface area contributed by atoms with Crippen molar-refractivity contribution in [2.45, 2.75) is 25.5 Å². The number of halogens is 1. The minimum absolute atomic E-state index is 0.0441. The van der Waals surface area contributed by atoms with E-state index in [1.165, 1.54) is 0 Å². The van der Waals surface area contributed by atoms with Gasteiger partial charge in [-0.05, 0) is 67.6 Å². The molecular formula is C12H17IO3S. The third-order valence-electron chi connectivity index (χ3n) is 2.37.